The third-order valence-electron chi connectivity index (χ3n) is 2.77. The van der Waals surface area contributed by atoms with Gasteiger partial charge in [0.1, 0.15) is 6.33 Å². The molecule has 1 amide bonds. The average molecular weight is 281 g/mol. The van der Waals surface area contributed by atoms with E-state index in [1.165, 1.54) is 18.7 Å². The summed E-state index contributed by atoms with van der Waals surface area (Å²) in [6.45, 7) is 1.98. The minimum atomic E-state index is -0.255. The van der Waals surface area contributed by atoms with Gasteiger partial charge in [-0.05, 0) is 30.7 Å². The van der Waals surface area contributed by atoms with Gasteiger partial charge in [-0.25, -0.2) is 9.97 Å². The van der Waals surface area contributed by atoms with Gasteiger partial charge >= 0.3 is 0 Å². The van der Waals surface area contributed by atoms with Crippen molar-refractivity contribution < 1.29 is 9.90 Å². The Morgan fingerprint density at radius 3 is 2.76 bits per heavy atom. The van der Waals surface area contributed by atoms with E-state index in [1.807, 2.05) is 19.1 Å². The van der Waals surface area contributed by atoms with Crippen LogP contribution in [0.15, 0.2) is 36.9 Å². The van der Waals surface area contributed by atoms with Crippen LogP contribution in [0, 0.1) is 18.8 Å². The number of rotatable bonds is 3. The molecule has 0 bridgehead atoms. The number of aryl methyl sites for hydroxylation is 1. The second-order valence-electron chi connectivity index (χ2n) is 4.39. The van der Waals surface area contributed by atoms with E-state index < -0.39 is 0 Å². The highest BCUT2D eigenvalue weighted by Gasteiger charge is 2.07. The SMILES string of the molecule is Cc1cc(NC(=O)c2cncnc2)ccc1C#CCCO. The summed E-state index contributed by atoms with van der Waals surface area (Å²) in [5, 5.41) is 11.5. The molecule has 0 aliphatic rings. The molecule has 2 aromatic rings. The zero-order chi connectivity index (χ0) is 15.1. The van der Waals surface area contributed by atoms with Crippen molar-refractivity contribution in [1.29, 1.82) is 0 Å². The molecule has 1 aromatic heterocycles. The highest BCUT2D eigenvalue weighted by Crippen LogP contribution is 2.15. The first kappa shape index (κ1) is 14.7. The van der Waals surface area contributed by atoms with E-state index in [0.717, 1.165) is 11.1 Å². The van der Waals surface area contributed by atoms with Gasteiger partial charge in [0.15, 0.2) is 0 Å². The molecule has 0 spiro atoms. The van der Waals surface area contributed by atoms with Crippen molar-refractivity contribution in [3.8, 4) is 11.8 Å². The van der Waals surface area contributed by atoms with E-state index in [0.29, 0.717) is 17.7 Å². The lowest BCUT2D eigenvalue weighted by Gasteiger charge is -2.06. The van der Waals surface area contributed by atoms with Crippen molar-refractivity contribution in [2.45, 2.75) is 13.3 Å². The molecule has 1 heterocycles. The second kappa shape index (κ2) is 7.17. The Morgan fingerprint density at radius 2 is 2.10 bits per heavy atom. The highest BCUT2D eigenvalue weighted by molar-refractivity contribution is 6.03. The Bertz CT molecular complexity index is 688. The van der Waals surface area contributed by atoms with Gasteiger partial charge in [0.2, 0.25) is 0 Å². The summed E-state index contributed by atoms with van der Waals surface area (Å²) in [6.07, 6.45) is 4.75. The lowest BCUT2D eigenvalue weighted by atomic mass is 10.1. The first-order valence-electron chi connectivity index (χ1n) is 6.47. The Kier molecular flexibility index (Phi) is 5.02. The van der Waals surface area contributed by atoms with Crippen LogP contribution in [0.3, 0.4) is 0 Å². The lowest BCUT2D eigenvalue weighted by molar-refractivity contribution is 0.102. The smallest absolute Gasteiger partial charge is 0.258 e. The molecule has 0 atom stereocenters. The Hall–Kier alpha value is -2.71. The summed E-state index contributed by atoms with van der Waals surface area (Å²) in [5.74, 6) is 5.60. The van der Waals surface area contributed by atoms with Crippen molar-refractivity contribution in [2.24, 2.45) is 0 Å². The van der Waals surface area contributed by atoms with Crippen LogP contribution in [0.5, 0.6) is 0 Å². The molecule has 1 aromatic carbocycles. The first-order valence-corrected chi connectivity index (χ1v) is 6.47. The molecule has 21 heavy (non-hydrogen) atoms. The molecule has 0 fully saturated rings. The molecule has 0 aliphatic carbocycles. The number of benzene rings is 1. The number of aliphatic hydroxyl groups excluding tert-OH is 1. The molecule has 5 nitrogen and oxygen atoms in total. The maximum absolute atomic E-state index is 12.0. The predicted molar refractivity (Wildman–Crippen MR) is 79.7 cm³/mol. The summed E-state index contributed by atoms with van der Waals surface area (Å²) in [6, 6.07) is 5.49. The maximum Gasteiger partial charge on any atom is 0.258 e. The fourth-order valence-electron chi connectivity index (χ4n) is 1.71. The van der Waals surface area contributed by atoms with Gasteiger partial charge < -0.3 is 10.4 Å². The maximum atomic E-state index is 12.0. The van der Waals surface area contributed by atoms with Crippen LogP contribution in [0.4, 0.5) is 5.69 Å². The molecule has 0 saturated carbocycles. The zero-order valence-electron chi connectivity index (χ0n) is 11.6. The number of nitrogens with zero attached hydrogens (tertiary/aromatic N) is 2. The van der Waals surface area contributed by atoms with Crippen LogP contribution in [-0.4, -0.2) is 27.6 Å². The Morgan fingerprint density at radius 1 is 1.33 bits per heavy atom. The van der Waals surface area contributed by atoms with Crippen LogP contribution < -0.4 is 5.32 Å². The molecule has 2 N–H and O–H groups in total. The van der Waals surface area contributed by atoms with Gasteiger partial charge in [0, 0.05) is 30.1 Å². The monoisotopic (exact) mass is 281 g/mol. The number of nitrogens with one attached hydrogen (secondary N) is 1. The van der Waals surface area contributed by atoms with Gasteiger partial charge in [-0.1, -0.05) is 11.8 Å². The molecule has 0 saturated heterocycles. The van der Waals surface area contributed by atoms with Gasteiger partial charge in [0.05, 0.1) is 12.2 Å². The molecule has 106 valence electrons. The quantitative estimate of drug-likeness (QED) is 0.841. The Labute approximate surface area is 123 Å². The van der Waals surface area contributed by atoms with Gasteiger partial charge in [0.25, 0.3) is 5.91 Å². The van der Waals surface area contributed by atoms with Crippen molar-refractivity contribution in [3.05, 3.63) is 53.6 Å². The largest absolute Gasteiger partial charge is 0.395 e. The van der Waals surface area contributed by atoms with Crippen LogP contribution in [0.1, 0.15) is 27.9 Å². The van der Waals surface area contributed by atoms with Crippen molar-refractivity contribution in [3.63, 3.8) is 0 Å². The normalized spacial score (nSPS) is 9.62. The number of carbonyl (C=O) groups excluding carboxylic acids is 1. The molecular formula is C16H15N3O2. The number of anilines is 1. The number of hydrogen-bond donors (Lipinski definition) is 2. The molecule has 2 rings (SSSR count). The van der Waals surface area contributed by atoms with Crippen molar-refractivity contribution in [1.82, 2.24) is 9.97 Å². The molecular weight excluding hydrogens is 266 g/mol. The van der Waals surface area contributed by atoms with E-state index in [-0.39, 0.29) is 12.5 Å². The third kappa shape index (κ3) is 4.13. The predicted octanol–water partition coefficient (Wildman–Crippen LogP) is 1.77. The zero-order valence-corrected chi connectivity index (χ0v) is 11.6. The first-order chi connectivity index (χ1) is 10.2. The molecule has 0 radical (unpaired) electrons. The molecule has 5 heteroatoms. The minimum absolute atomic E-state index is 0.0549. The van der Waals surface area contributed by atoms with Crippen molar-refractivity contribution >= 4 is 11.6 Å². The van der Waals surface area contributed by atoms with Crippen LogP contribution in [0.25, 0.3) is 0 Å². The van der Waals surface area contributed by atoms with E-state index >= 15 is 0 Å². The second-order valence-corrected chi connectivity index (χ2v) is 4.39. The summed E-state index contributed by atoms with van der Waals surface area (Å²) in [7, 11) is 0. The highest BCUT2D eigenvalue weighted by atomic mass is 16.2. The van der Waals surface area contributed by atoms with E-state index in [9.17, 15) is 4.79 Å². The fraction of sp³-hybridized carbons (Fsp3) is 0.188. The minimum Gasteiger partial charge on any atom is -0.395 e. The van der Waals surface area contributed by atoms with Crippen LogP contribution >= 0.6 is 0 Å². The van der Waals surface area contributed by atoms with Gasteiger partial charge in [-0.3, -0.25) is 4.79 Å². The summed E-state index contributed by atoms with van der Waals surface area (Å²) in [4.78, 5) is 19.6. The number of hydrogen-bond acceptors (Lipinski definition) is 4. The number of amides is 1. The summed E-state index contributed by atoms with van der Waals surface area (Å²) < 4.78 is 0. The van der Waals surface area contributed by atoms with Gasteiger partial charge in [-0.15, -0.1) is 0 Å². The topological polar surface area (TPSA) is 75.1 Å². The summed E-state index contributed by atoms with van der Waals surface area (Å²) in [5.41, 5.74) is 2.93. The van der Waals surface area contributed by atoms with E-state index in [2.05, 4.69) is 27.1 Å². The standard InChI is InChI=1S/C16H15N3O2/c1-12-8-15(6-5-13(12)4-2-3-7-20)19-16(21)14-9-17-11-18-10-14/h5-6,8-11,20H,3,7H2,1H3,(H,19,21). The van der Waals surface area contributed by atoms with E-state index in [1.54, 1.807) is 6.07 Å². The van der Waals surface area contributed by atoms with E-state index in [4.69, 9.17) is 5.11 Å². The average Bonchev–Trinajstić information content (AvgIpc) is 2.50. The van der Waals surface area contributed by atoms with Crippen LogP contribution in [-0.2, 0) is 0 Å². The van der Waals surface area contributed by atoms with Crippen molar-refractivity contribution in [2.75, 3.05) is 11.9 Å². The number of aromatic nitrogens is 2. The molecule has 0 aliphatic heterocycles. The number of carbonyl (C=O) groups is 1. The summed E-state index contributed by atoms with van der Waals surface area (Å²) >= 11 is 0. The fourth-order valence-corrected chi connectivity index (χ4v) is 1.71. The lowest BCUT2D eigenvalue weighted by Crippen LogP contribution is -2.12. The molecule has 0 unspecified atom stereocenters. The Balaban J connectivity index is 2.11. The van der Waals surface area contributed by atoms with Gasteiger partial charge in [-0.2, -0.15) is 0 Å². The van der Waals surface area contributed by atoms with Crippen LogP contribution in [0.2, 0.25) is 0 Å². The number of aliphatic hydroxyl groups is 1. The third-order valence-corrected chi connectivity index (χ3v) is 2.77.